The number of halogens is 1. The number of hydrogen-bond acceptors (Lipinski definition) is 2. The Bertz CT molecular complexity index is 305. The maximum absolute atomic E-state index is 7.68. The SMILES string of the molecule is C=CCSC(=N)c1ccc(Cl)cc1. The van der Waals surface area contributed by atoms with E-state index in [0.717, 1.165) is 11.3 Å². The molecule has 1 nitrogen and oxygen atoms in total. The fraction of sp³-hybridized carbons (Fsp3) is 0.100. The first-order valence-electron chi connectivity index (χ1n) is 3.82. The van der Waals surface area contributed by atoms with Crippen LogP contribution in [0.25, 0.3) is 0 Å². The number of hydrogen-bond donors (Lipinski definition) is 1. The standard InChI is InChI=1S/C10H10ClNS/c1-2-7-13-10(12)8-3-5-9(11)6-4-8/h2-6,12H,1,7H2. The second-order valence-electron chi connectivity index (χ2n) is 2.44. The predicted octanol–water partition coefficient (Wildman–Crippen LogP) is 3.58. The third-order valence-corrected chi connectivity index (χ3v) is 2.63. The molecule has 0 radical (unpaired) electrons. The summed E-state index contributed by atoms with van der Waals surface area (Å²) in [4.78, 5) is 0. The lowest BCUT2D eigenvalue weighted by Gasteiger charge is -2.01. The van der Waals surface area contributed by atoms with Crippen molar-refractivity contribution in [2.24, 2.45) is 0 Å². The minimum absolute atomic E-state index is 0.552. The van der Waals surface area contributed by atoms with E-state index in [9.17, 15) is 0 Å². The van der Waals surface area contributed by atoms with Gasteiger partial charge < -0.3 is 0 Å². The van der Waals surface area contributed by atoms with Gasteiger partial charge in [-0.25, -0.2) is 0 Å². The lowest BCUT2D eigenvalue weighted by Crippen LogP contribution is -1.92. The number of nitrogens with one attached hydrogen (secondary N) is 1. The van der Waals surface area contributed by atoms with Gasteiger partial charge in [-0.15, -0.1) is 18.3 Å². The van der Waals surface area contributed by atoms with Gasteiger partial charge in [-0.3, -0.25) is 5.41 Å². The highest BCUT2D eigenvalue weighted by Gasteiger charge is 1.99. The van der Waals surface area contributed by atoms with E-state index in [1.807, 2.05) is 12.1 Å². The van der Waals surface area contributed by atoms with Crippen molar-refractivity contribution in [1.29, 1.82) is 5.41 Å². The second kappa shape index (κ2) is 5.10. The van der Waals surface area contributed by atoms with Crippen molar-refractivity contribution in [2.75, 3.05) is 5.75 Å². The van der Waals surface area contributed by atoms with Gasteiger partial charge in [0.15, 0.2) is 0 Å². The lowest BCUT2D eigenvalue weighted by atomic mass is 10.2. The Morgan fingerprint density at radius 1 is 1.46 bits per heavy atom. The van der Waals surface area contributed by atoms with E-state index in [1.54, 1.807) is 18.2 Å². The molecule has 0 unspecified atom stereocenters. The van der Waals surface area contributed by atoms with E-state index in [1.165, 1.54) is 11.8 Å². The van der Waals surface area contributed by atoms with Crippen LogP contribution in [0.4, 0.5) is 0 Å². The number of benzene rings is 1. The van der Waals surface area contributed by atoms with Crippen LogP contribution in [0, 0.1) is 5.41 Å². The Balaban J connectivity index is 2.66. The summed E-state index contributed by atoms with van der Waals surface area (Å²) in [6.45, 7) is 3.60. The molecule has 0 atom stereocenters. The molecule has 0 saturated carbocycles. The van der Waals surface area contributed by atoms with Crippen molar-refractivity contribution in [3.8, 4) is 0 Å². The maximum atomic E-state index is 7.68. The van der Waals surface area contributed by atoms with E-state index in [0.29, 0.717) is 10.1 Å². The van der Waals surface area contributed by atoms with Crippen LogP contribution in [0.2, 0.25) is 5.02 Å². The summed E-state index contributed by atoms with van der Waals surface area (Å²) < 4.78 is 0. The molecule has 0 saturated heterocycles. The summed E-state index contributed by atoms with van der Waals surface area (Å²) in [5, 5.41) is 8.93. The van der Waals surface area contributed by atoms with Crippen molar-refractivity contribution in [1.82, 2.24) is 0 Å². The van der Waals surface area contributed by atoms with E-state index in [4.69, 9.17) is 17.0 Å². The third kappa shape index (κ3) is 3.25. The van der Waals surface area contributed by atoms with E-state index in [-0.39, 0.29) is 0 Å². The maximum Gasteiger partial charge on any atom is 0.0945 e. The molecule has 1 aromatic rings. The average Bonchev–Trinajstić information content (AvgIpc) is 2.15. The molecular formula is C10H10ClNS. The van der Waals surface area contributed by atoms with Crippen molar-refractivity contribution in [2.45, 2.75) is 0 Å². The highest BCUT2D eigenvalue weighted by atomic mass is 35.5. The average molecular weight is 212 g/mol. The first-order valence-corrected chi connectivity index (χ1v) is 5.18. The molecule has 13 heavy (non-hydrogen) atoms. The molecule has 0 bridgehead atoms. The van der Waals surface area contributed by atoms with E-state index >= 15 is 0 Å². The zero-order valence-corrected chi connectivity index (χ0v) is 8.66. The summed E-state index contributed by atoms with van der Waals surface area (Å²) in [6.07, 6.45) is 1.79. The molecular weight excluding hydrogens is 202 g/mol. The molecule has 0 aromatic heterocycles. The van der Waals surface area contributed by atoms with Crippen molar-refractivity contribution in [3.05, 3.63) is 47.5 Å². The van der Waals surface area contributed by atoms with Gasteiger partial charge in [-0.05, 0) is 12.1 Å². The number of thioether (sulfide) groups is 1. The minimum atomic E-state index is 0.552. The molecule has 0 aliphatic rings. The molecule has 0 aliphatic carbocycles. The van der Waals surface area contributed by atoms with Crippen LogP contribution in [0.3, 0.4) is 0 Å². The van der Waals surface area contributed by atoms with Crippen LogP contribution in [-0.4, -0.2) is 10.8 Å². The van der Waals surface area contributed by atoms with Gasteiger partial charge in [0.25, 0.3) is 0 Å². The summed E-state index contributed by atoms with van der Waals surface area (Å²) in [5.74, 6) is 0.765. The summed E-state index contributed by atoms with van der Waals surface area (Å²) in [5.41, 5.74) is 0.899. The van der Waals surface area contributed by atoms with Crippen molar-refractivity contribution >= 4 is 28.4 Å². The Hall–Kier alpha value is -0.730. The smallest absolute Gasteiger partial charge is 0.0945 e. The zero-order chi connectivity index (χ0) is 9.68. The second-order valence-corrected chi connectivity index (χ2v) is 3.90. The molecule has 0 spiro atoms. The van der Waals surface area contributed by atoms with Gasteiger partial charge in [0.1, 0.15) is 0 Å². The molecule has 0 amide bonds. The van der Waals surface area contributed by atoms with Gasteiger partial charge in [0.2, 0.25) is 0 Å². The largest absolute Gasteiger partial charge is 0.293 e. The summed E-state index contributed by atoms with van der Waals surface area (Å²) in [6, 6.07) is 7.28. The Labute approximate surface area is 87.3 Å². The minimum Gasteiger partial charge on any atom is -0.293 e. The molecule has 1 aromatic carbocycles. The van der Waals surface area contributed by atoms with Crippen LogP contribution in [0.5, 0.6) is 0 Å². The molecule has 1 rings (SSSR count). The fourth-order valence-electron chi connectivity index (χ4n) is 0.827. The Morgan fingerprint density at radius 2 is 2.08 bits per heavy atom. The van der Waals surface area contributed by atoms with E-state index in [2.05, 4.69) is 6.58 Å². The monoisotopic (exact) mass is 211 g/mol. The van der Waals surface area contributed by atoms with Gasteiger partial charge in [0, 0.05) is 16.3 Å². The van der Waals surface area contributed by atoms with Gasteiger partial charge >= 0.3 is 0 Å². The fourth-order valence-corrected chi connectivity index (χ4v) is 1.54. The first-order chi connectivity index (χ1) is 6.24. The Kier molecular flexibility index (Phi) is 4.06. The Morgan fingerprint density at radius 3 is 2.62 bits per heavy atom. The number of rotatable bonds is 3. The highest BCUT2D eigenvalue weighted by molar-refractivity contribution is 8.14. The lowest BCUT2D eigenvalue weighted by molar-refractivity contribution is 1.52. The third-order valence-electron chi connectivity index (χ3n) is 1.45. The normalized spacial score (nSPS) is 9.62. The summed E-state index contributed by atoms with van der Waals surface area (Å²) in [7, 11) is 0. The van der Waals surface area contributed by atoms with Gasteiger partial charge in [-0.2, -0.15) is 0 Å². The first kappa shape index (κ1) is 10.4. The van der Waals surface area contributed by atoms with Crippen LogP contribution in [-0.2, 0) is 0 Å². The van der Waals surface area contributed by atoms with Crippen molar-refractivity contribution < 1.29 is 0 Å². The molecule has 0 fully saturated rings. The molecule has 68 valence electrons. The van der Waals surface area contributed by atoms with Crippen LogP contribution in [0.1, 0.15) is 5.56 Å². The molecule has 0 heterocycles. The molecule has 3 heteroatoms. The van der Waals surface area contributed by atoms with Crippen LogP contribution in [0.15, 0.2) is 36.9 Å². The van der Waals surface area contributed by atoms with E-state index < -0.39 is 0 Å². The highest BCUT2D eigenvalue weighted by Crippen LogP contribution is 2.15. The van der Waals surface area contributed by atoms with Crippen LogP contribution < -0.4 is 0 Å². The predicted molar refractivity (Wildman–Crippen MR) is 60.9 cm³/mol. The topological polar surface area (TPSA) is 23.9 Å². The van der Waals surface area contributed by atoms with Crippen molar-refractivity contribution in [3.63, 3.8) is 0 Å². The quantitative estimate of drug-likeness (QED) is 0.461. The molecule has 1 N–H and O–H groups in total. The van der Waals surface area contributed by atoms with Crippen LogP contribution >= 0.6 is 23.4 Å². The van der Waals surface area contributed by atoms with Gasteiger partial charge in [0.05, 0.1) is 5.04 Å². The van der Waals surface area contributed by atoms with Gasteiger partial charge in [-0.1, -0.05) is 29.8 Å². The molecule has 0 aliphatic heterocycles. The summed E-state index contributed by atoms with van der Waals surface area (Å²) >= 11 is 7.18. The zero-order valence-electron chi connectivity index (χ0n) is 7.09.